The van der Waals surface area contributed by atoms with Crippen molar-refractivity contribution in [2.75, 3.05) is 0 Å². The number of hydrogen-bond acceptors (Lipinski definition) is 3. The van der Waals surface area contributed by atoms with Gasteiger partial charge in [-0.25, -0.2) is 4.98 Å². The van der Waals surface area contributed by atoms with E-state index < -0.39 is 0 Å². The minimum atomic E-state index is 0.497. The smallest absolute Gasteiger partial charge is 0.124 e. The lowest BCUT2D eigenvalue weighted by Gasteiger charge is -2.03. The summed E-state index contributed by atoms with van der Waals surface area (Å²) in [6, 6.07) is 2.06. The summed E-state index contributed by atoms with van der Waals surface area (Å²) in [5.41, 5.74) is 3.68. The molecule has 2 nitrogen and oxygen atoms in total. The van der Waals surface area contributed by atoms with Crippen LogP contribution in [0.25, 0.3) is 10.6 Å². The number of rotatable bonds is 3. The topological polar surface area (TPSA) is 25.8 Å². The van der Waals surface area contributed by atoms with Crippen LogP contribution in [0.3, 0.4) is 0 Å². The van der Waals surface area contributed by atoms with Crippen molar-refractivity contribution < 1.29 is 0 Å². The molecule has 2 aromatic heterocycles. The molecule has 0 radical (unpaired) electrons. The van der Waals surface area contributed by atoms with Crippen LogP contribution < -0.4 is 0 Å². The predicted molar refractivity (Wildman–Crippen MR) is 68.8 cm³/mol. The maximum absolute atomic E-state index is 4.68. The van der Waals surface area contributed by atoms with Crippen LogP contribution in [0.2, 0.25) is 0 Å². The molecule has 2 aromatic rings. The molecule has 84 valence electrons. The standard InChI is InChI=1S/C13H16N2S/c1-4-10-7-14-6-5-11(10)13-15-12(8-16-13)9(2)3/h5-9H,4H2,1-3H3. The van der Waals surface area contributed by atoms with Crippen molar-refractivity contribution in [3.63, 3.8) is 0 Å². The molecule has 0 aromatic carbocycles. The Morgan fingerprint density at radius 1 is 1.38 bits per heavy atom. The Morgan fingerprint density at radius 2 is 2.19 bits per heavy atom. The first-order valence-corrected chi connectivity index (χ1v) is 6.49. The molecule has 0 atom stereocenters. The summed E-state index contributed by atoms with van der Waals surface area (Å²) in [5.74, 6) is 0.497. The van der Waals surface area contributed by atoms with Gasteiger partial charge in [-0.3, -0.25) is 4.98 Å². The number of nitrogens with zero attached hydrogens (tertiary/aromatic N) is 2. The lowest BCUT2D eigenvalue weighted by Crippen LogP contribution is -1.90. The van der Waals surface area contributed by atoms with Crippen molar-refractivity contribution in [1.29, 1.82) is 0 Å². The molecule has 0 aliphatic carbocycles. The minimum absolute atomic E-state index is 0.497. The molecule has 3 heteroatoms. The second-order valence-corrected chi connectivity index (χ2v) is 4.98. The Balaban J connectivity index is 2.42. The summed E-state index contributed by atoms with van der Waals surface area (Å²) in [5, 5.41) is 3.27. The Hall–Kier alpha value is -1.22. The molecule has 0 amide bonds. The van der Waals surface area contributed by atoms with E-state index in [0.717, 1.165) is 11.4 Å². The van der Waals surface area contributed by atoms with Crippen molar-refractivity contribution in [2.24, 2.45) is 0 Å². The second-order valence-electron chi connectivity index (χ2n) is 4.12. The fourth-order valence-corrected chi connectivity index (χ4v) is 2.63. The Kier molecular flexibility index (Phi) is 3.34. The monoisotopic (exact) mass is 232 g/mol. The van der Waals surface area contributed by atoms with Gasteiger partial charge in [-0.1, -0.05) is 20.8 Å². The number of pyridine rings is 1. The van der Waals surface area contributed by atoms with Crippen LogP contribution in [0.1, 0.15) is 37.9 Å². The maximum Gasteiger partial charge on any atom is 0.124 e. The average molecular weight is 232 g/mol. The van der Waals surface area contributed by atoms with E-state index in [2.05, 4.69) is 42.2 Å². The van der Waals surface area contributed by atoms with E-state index in [1.165, 1.54) is 16.8 Å². The minimum Gasteiger partial charge on any atom is -0.264 e. The van der Waals surface area contributed by atoms with Crippen LogP contribution in [-0.2, 0) is 6.42 Å². The van der Waals surface area contributed by atoms with E-state index in [1.54, 1.807) is 11.3 Å². The van der Waals surface area contributed by atoms with Gasteiger partial charge in [0.15, 0.2) is 0 Å². The number of thiazole rings is 1. The van der Waals surface area contributed by atoms with Crippen LogP contribution >= 0.6 is 11.3 Å². The van der Waals surface area contributed by atoms with Crippen LogP contribution in [0.4, 0.5) is 0 Å². The summed E-state index contributed by atoms with van der Waals surface area (Å²) < 4.78 is 0. The first-order valence-electron chi connectivity index (χ1n) is 5.61. The number of hydrogen-bond donors (Lipinski definition) is 0. The molecule has 2 heterocycles. The van der Waals surface area contributed by atoms with Crippen molar-refractivity contribution in [3.8, 4) is 10.6 Å². The molecule has 0 spiro atoms. The molecule has 0 fully saturated rings. The van der Waals surface area contributed by atoms with E-state index in [-0.39, 0.29) is 0 Å². The van der Waals surface area contributed by atoms with Gasteiger partial charge in [0.25, 0.3) is 0 Å². The van der Waals surface area contributed by atoms with Crippen LogP contribution in [0.15, 0.2) is 23.8 Å². The summed E-state index contributed by atoms with van der Waals surface area (Å²) in [6.07, 6.45) is 4.77. The van der Waals surface area contributed by atoms with Gasteiger partial charge < -0.3 is 0 Å². The van der Waals surface area contributed by atoms with Crippen LogP contribution in [-0.4, -0.2) is 9.97 Å². The number of aromatic nitrogens is 2. The predicted octanol–water partition coefficient (Wildman–Crippen LogP) is 3.89. The fourth-order valence-electron chi connectivity index (χ4n) is 1.59. The van der Waals surface area contributed by atoms with Crippen molar-refractivity contribution in [1.82, 2.24) is 9.97 Å². The third-order valence-corrected chi connectivity index (χ3v) is 3.52. The second kappa shape index (κ2) is 4.74. The fraction of sp³-hybridized carbons (Fsp3) is 0.385. The highest BCUT2D eigenvalue weighted by molar-refractivity contribution is 7.13. The number of aryl methyl sites for hydroxylation is 1. The molecule has 2 rings (SSSR count). The first-order chi connectivity index (χ1) is 7.72. The van der Waals surface area contributed by atoms with E-state index in [1.807, 2.05) is 12.4 Å². The van der Waals surface area contributed by atoms with Gasteiger partial charge in [-0.15, -0.1) is 11.3 Å². The zero-order valence-electron chi connectivity index (χ0n) is 9.90. The van der Waals surface area contributed by atoms with Gasteiger partial charge in [0, 0.05) is 23.3 Å². The van der Waals surface area contributed by atoms with Crippen LogP contribution in [0.5, 0.6) is 0 Å². The largest absolute Gasteiger partial charge is 0.264 e. The Labute approximate surface area is 100 Å². The highest BCUT2D eigenvalue weighted by Gasteiger charge is 2.10. The van der Waals surface area contributed by atoms with Gasteiger partial charge in [0.1, 0.15) is 5.01 Å². The highest BCUT2D eigenvalue weighted by Crippen LogP contribution is 2.28. The third-order valence-electron chi connectivity index (χ3n) is 2.63. The first kappa shape index (κ1) is 11.3. The lowest BCUT2D eigenvalue weighted by atomic mass is 10.1. The summed E-state index contributed by atoms with van der Waals surface area (Å²) in [6.45, 7) is 6.50. The quantitative estimate of drug-likeness (QED) is 0.802. The van der Waals surface area contributed by atoms with Crippen molar-refractivity contribution in [2.45, 2.75) is 33.1 Å². The molecule has 0 saturated heterocycles. The van der Waals surface area contributed by atoms with Crippen molar-refractivity contribution >= 4 is 11.3 Å². The zero-order valence-corrected chi connectivity index (χ0v) is 10.7. The average Bonchev–Trinajstić information content (AvgIpc) is 2.78. The third kappa shape index (κ3) is 2.14. The molecule has 0 saturated carbocycles. The molecule has 0 unspecified atom stereocenters. The summed E-state index contributed by atoms with van der Waals surface area (Å²) in [7, 11) is 0. The van der Waals surface area contributed by atoms with E-state index >= 15 is 0 Å². The zero-order chi connectivity index (χ0) is 11.5. The van der Waals surface area contributed by atoms with E-state index in [0.29, 0.717) is 5.92 Å². The Morgan fingerprint density at radius 3 is 2.81 bits per heavy atom. The van der Waals surface area contributed by atoms with Crippen LogP contribution in [0, 0.1) is 0 Å². The highest BCUT2D eigenvalue weighted by atomic mass is 32.1. The molecule has 0 bridgehead atoms. The summed E-state index contributed by atoms with van der Waals surface area (Å²) in [4.78, 5) is 8.84. The Bertz CT molecular complexity index is 474. The normalized spacial score (nSPS) is 11.0. The summed E-state index contributed by atoms with van der Waals surface area (Å²) >= 11 is 1.72. The van der Waals surface area contributed by atoms with Gasteiger partial charge in [0.05, 0.1) is 5.69 Å². The molecule has 0 aliphatic rings. The van der Waals surface area contributed by atoms with E-state index in [9.17, 15) is 0 Å². The maximum atomic E-state index is 4.68. The molecule has 16 heavy (non-hydrogen) atoms. The molecular formula is C13H16N2S. The van der Waals surface area contributed by atoms with E-state index in [4.69, 9.17) is 0 Å². The molecular weight excluding hydrogens is 216 g/mol. The molecule has 0 N–H and O–H groups in total. The van der Waals surface area contributed by atoms with Crippen molar-refractivity contribution in [3.05, 3.63) is 35.1 Å². The lowest BCUT2D eigenvalue weighted by molar-refractivity contribution is 0.834. The van der Waals surface area contributed by atoms with Gasteiger partial charge in [-0.05, 0) is 24.0 Å². The SMILES string of the molecule is CCc1cnccc1-c1nc(C(C)C)cs1. The van der Waals surface area contributed by atoms with Gasteiger partial charge in [-0.2, -0.15) is 0 Å². The van der Waals surface area contributed by atoms with Gasteiger partial charge >= 0.3 is 0 Å². The van der Waals surface area contributed by atoms with Gasteiger partial charge in [0.2, 0.25) is 0 Å². The molecule has 0 aliphatic heterocycles.